The molecule has 0 bridgehead atoms. The molecule has 1 unspecified atom stereocenters. The van der Waals surface area contributed by atoms with E-state index >= 15 is 0 Å². The van der Waals surface area contributed by atoms with Gasteiger partial charge in [0.15, 0.2) is 11.5 Å². The predicted molar refractivity (Wildman–Crippen MR) is 57.7 cm³/mol. The third kappa shape index (κ3) is 2.05. The Morgan fingerprint density at radius 3 is 2.50 bits per heavy atom. The smallest absolute Gasteiger partial charge is 0.165 e. The molecule has 5 nitrogen and oxygen atoms in total. The SMILES string of the molecule is NC(CCO)c1cc2c(cc1O)OCCO2. The number of benzene rings is 1. The van der Waals surface area contributed by atoms with Gasteiger partial charge < -0.3 is 25.4 Å². The highest BCUT2D eigenvalue weighted by molar-refractivity contribution is 5.51. The molecule has 0 fully saturated rings. The van der Waals surface area contributed by atoms with E-state index in [4.69, 9.17) is 20.3 Å². The maximum absolute atomic E-state index is 9.77. The predicted octanol–water partition coefficient (Wildman–Crippen LogP) is 0.546. The number of ether oxygens (including phenoxy) is 2. The van der Waals surface area contributed by atoms with Crippen molar-refractivity contribution in [2.24, 2.45) is 5.73 Å². The van der Waals surface area contributed by atoms with Crippen LogP contribution in [0.1, 0.15) is 18.0 Å². The van der Waals surface area contributed by atoms with Crippen molar-refractivity contribution in [3.8, 4) is 17.2 Å². The lowest BCUT2D eigenvalue weighted by Crippen LogP contribution is -2.17. The minimum Gasteiger partial charge on any atom is -0.507 e. The molecule has 1 aromatic carbocycles. The van der Waals surface area contributed by atoms with Gasteiger partial charge in [-0.2, -0.15) is 0 Å². The third-order valence-corrected chi connectivity index (χ3v) is 2.53. The Balaban J connectivity index is 2.31. The maximum atomic E-state index is 9.77. The van der Waals surface area contributed by atoms with E-state index in [2.05, 4.69) is 0 Å². The molecule has 1 atom stereocenters. The summed E-state index contributed by atoms with van der Waals surface area (Å²) in [6.07, 6.45) is 0.396. The zero-order valence-electron chi connectivity index (χ0n) is 8.85. The van der Waals surface area contributed by atoms with Crippen LogP contribution in [0.2, 0.25) is 0 Å². The fourth-order valence-electron chi connectivity index (χ4n) is 1.69. The lowest BCUT2D eigenvalue weighted by molar-refractivity contribution is 0.170. The number of aromatic hydroxyl groups is 1. The van der Waals surface area contributed by atoms with Crippen molar-refractivity contribution in [1.82, 2.24) is 0 Å². The van der Waals surface area contributed by atoms with Crippen LogP contribution in [0.25, 0.3) is 0 Å². The van der Waals surface area contributed by atoms with E-state index in [1.165, 1.54) is 6.07 Å². The van der Waals surface area contributed by atoms with Crippen LogP contribution in [0.4, 0.5) is 0 Å². The number of phenols is 1. The van der Waals surface area contributed by atoms with Gasteiger partial charge in [-0.05, 0) is 12.5 Å². The molecule has 0 saturated carbocycles. The molecule has 1 heterocycles. The van der Waals surface area contributed by atoms with Gasteiger partial charge in [-0.3, -0.25) is 0 Å². The van der Waals surface area contributed by atoms with Crippen LogP contribution < -0.4 is 15.2 Å². The van der Waals surface area contributed by atoms with Crippen LogP contribution in [0, 0.1) is 0 Å². The maximum Gasteiger partial charge on any atom is 0.165 e. The van der Waals surface area contributed by atoms with Crippen LogP contribution in [-0.4, -0.2) is 30.0 Å². The van der Waals surface area contributed by atoms with E-state index in [1.807, 2.05) is 0 Å². The van der Waals surface area contributed by atoms with Crippen LogP contribution in [0.3, 0.4) is 0 Å². The quantitative estimate of drug-likeness (QED) is 0.699. The monoisotopic (exact) mass is 225 g/mol. The number of rotatable bonds is 3. The molecule has 1 aliphatic rings. The van der Waals surface area contributed by atoms with Crippen LogP contribution in [0.15, 0.2) is 12.1 Å². The largest absolute Gasteiger partial charge is 0.507 e. The topological polar surface area (TPSA) is 84.9 Å². The van der Waals surface area contributed by atoms with Crippen LogP contribution in [-0.2, 0) is 0 Å². The Hall–Kier alpha value is -1.46. The van der Waals surface area contributed by atoms with Gasteiger partial charge in [0.25, 0.3) is 0 Å². The Morgan fingerprint density at radius 1 is 1.25 bits per heavy atom. The van der Waals surface area contributed by atoms with Crippen LogP contribution in [0.5, 0.6) is 17.2 Å². The van der Waals surface area contributed by atoms with Crippen molar-refractivity contribution < 1.29 is 19.7 Å². The number of hydrogen-bond acceptors (Lipinski definition) is 5. The van der Waals surface area contributed by atoms with Gasteiger partial charge in [0, 0.05) is 24.3 Å². The molecule has 1 aromatic rings. The zero-order valence-corrected chi connectivity index (χ0v) is 8.85. The lowest BCUT2D eigenvalue weighted by Gasteiger charge is -2.21. The first kappa shape index (κ1) is 11.0. The summed E-state index contributed by atoms with van der Waals surface area (Å²) in [6.45, 7) is 0.954. The summed E-state index contributed by atoms with van der Waals surface area (Å²) >= 11 is 0. The van der Waals surface area contributed by atoms with E-state index in [0.717, 1.165) is 0 Å². The van der Waals surface area contributed by atoms with Crippen molar-refractivity contribution in [2.45, 2.75) is 12.5 Å². The van der Waals surface area contributed by atoms with Crippen molar-refractivity contribution in [3.63, 3.8) is 0 Å². The van der Waals surface area contributed by atoms with E-state index in [9.17, 15) is 5.11 Å². The lowest BCUT2D eigenvalue weighted by atomic mass is 10.0. The summed E-state index contributed by atoms with van der Waals surface area (Å²) in [5.41, 5.74) is 6.39. The first-order chi connectivity index (χ1) is 7.72. The molecule has 0 amide bonds. The number of nitrogens with two attached hydrogens (primary N) is 1. The molecule has 0 spiro atoms. The van der Waals surface area contributed by atoms with E-state index in [1.54, 1.807) is 6.07 Å². The Kier molecular flexibility index (Phi) is 3.17. The fraction of sp³-hybridized carbons (Fsp3) is 0.455. The molecule has 4 N–H and O–H groups in total. The summed E-state index contributed by atoms with van der Waals surface area (Å²) in [5.74, 6) is 1.20. The van der Waals surface area contributed by atoms with E-state index in [0.29, 0.717) is 36.7 Å². The zero-order chi connectivity index (χ0) is 11.5. The highest BCUT2D eigenvalue weighted by Gasteiger charge is 2.18. The highest BCUT2D eigenvalue weighted by atomic mass is 16.6. The molecule has 2 rings (SSSR count). The molecular weight excluding hydrogens is 210 g/mol. The molecule has 5 heteroatoms. The molecule has 0 aliphatic carbocycles. The van der Waals surface area contributed by atoms with Gasteiger partial charge >= 0.3 is 0 Å². The Labute approximate surface area is 93.4 Å². The molecule has 1 aliphatic heterocycles. The van der Waals surface area contributed by atoms with Gasteiger partial charge in [-0.25, -0.2) is 0 Å². The molecule has 0 radical (unpaired) electrons. The van der Waals surface area contributed by atoms with Crippen molar-refractivity contribution in [1.29, 1.82) is 0 Å². The molecule has 0 aromatic heterocycles. The number of phenolic OH excluding ortho intramolecular Hbond substituents is 1. The first-order valence-corrected chi connectivity index (χ1v) is 5.21. The second-order valence-corrected chi connectivity index (χ2v) is 3.67. The molecule has 16 heavy (non-hydrogen) atoms. The minimum absolute atomic E-state index is 0.0188. The van der Waals surface area contributed by atoms with Crippen molar-refractivity contribution in [3.05, 3.63) is 17.7 Å². The Bertz CT molecular complexity index is 380. The second-order valence-electron chi connectivity index (χ2n) is 3.67. The number of aliphatic hydroxyl groups excluding tert-OH is 1. The average molecular weight is 225 g/mol. The van der Waals surface area contributed by atoms with Crippen molar-refractivity contribution >= 4 is 0 Å². The Morgan fingerprint density at radius 2 is 1.88 bits per heavy atom. The second kappa shape index (κ2) is 4.59. The molecule has 88 valence electrons. The number of hydrogen-bond donors (Lipinski definition) is 3. The van der Waals surface area contributed by atoms with Gasteiger partial charge in [0.1, 0.15) is 19.0 Å². The fourth-order valence-corrected chi connectivity index (χ4v) is 1.69. The summed E-state index contributed by atoms with van der Waals surface area (Å²) in [4.78, 5) is 0. The van der Waals surface area contributed by atoms with E-state index < -0.39 is 6.04 Å². The normalized spacial score (nSPS) is 15.9. The standard InChI is InChI=1S/C11H15NO4/c12-8(1-2-13)7-5-10-11(6-9(7)14)16-4-3-15-10/h5-6,8,13-14H,1-4,12H2. The summed E-state index contributed by atoms with van der Waals surface area (Å²) in [5, 5.41) is 18.6. The van der Waals surface area contributed by atoms with Gasteiger partial charge in [0.05, 0.1) is 0 Å². The van der Waals surface area contributed by atoms with Gasteiger partial charge in [0.2, 0.25) is 0 Å². The van der Waals surface area contributed by atoms with Crippen molar-refractivity contribution in [2.75, 3.05) is 19.8 Å². The third-order valence-electron chi connectivity index (χ3n) is 2.53. The van der Waals surface area contributed by atoms with Gasteiger partial charge in [-0.1, -0.05) is 0 Å². The summed E-state index contributed by atoms with van der Waals surface area (Å²) < 4.78 is 10.7. The number of aliphatic hydroxyl groups is 1. The molecule has 0 saturated heterocycles. The van der Waals surface area contributed by atoms with E-state index in [-0.39, 0.29) is 12.4 Å². The number of fused-ring (bicyclic) bond motifs is 1. The van der Waals surface area contributed by atoms with Crippen LogP contribution >= 0.6 is 0 Å². The average Bonchev–Trinajstić information content (AvgIpc) is 2.28. The highest BCUT2D eigenvalue weighted by Crippen LogP contribution is 2.38. The van der Waals surface area contributed by atoms with Gasteiger partial charge in [-0.15, -0.1) is 0 Å². The minimum atomic E-state index is -0.402. The summed E-state index contributed by atoms with van der Waals surface area (Å²) in [6, 6.07) is 2.77. The first-order valence-electron chi connectivity index (χ1n) is 5.21. The molecular formula is C11H15NO4. The summed E-state index contributed by atoms with van der Waals surface area (Å²) in [7, 11) is 0.